The van der Waals surface area contributed by atoms with Crippen molar-refractivity contribution in [1.82, 2.24) is 0 Å². The van der Waals surface area contributed by atoms with Gasteiger partial charge in [0.15, 0.2) is 6.29 Å². The summed E-state index contributed by atoms with van der Waals surface area (Å²) in [6, 6.07) is 0. The van der Waals surface area contributed by atoms with Gasteiger partial charge in [-0.2, -0.15) is 8.42 Å². The summed E-state index contributed by atoms with van der Waals surface area (Å²) in [7, 11) is -5.05. The van der Waals surface area contributed by atoms with Crippen molar-refractivity contribution < 1.29 is 56.2 Å². The number of ether oxygens (including phenoxy) is 4. The third-order valence-corrected chi connectivity index (χ3v) is 11.6. The Kier molecular flexibility index (Phi) is 36.5. The van der Waals surface area contributed by atoms with E-state index in [1.54, 1.807) is 0 Å². The molecule has 0 bridgehead atoms. The van der Waals surface area contributed by atoms with Crippen LogP contribution in [0.5, 0.6) is 0 Å². The molecule has 1 rings (SSSR count). The molecule has 6 atom stereocenters. The number of esters is 1. The average molecular weight is 865 g/mol. The normalized spacial score (nSPS) is 20.4. The van der Waals surface area contributed by atoms with Crippen LogP contribution in [0.4, 0.5) is 0 Å². The first-order valence-electron chi connectivity index (χ1n) is 23.9. The maximum Gasteiger partial charge on any atom is 0.397 e. The van der Waals surface area contributed by atoms with Crippen LogP contribution in [0.3, 0.4) is 0 Å². The Bertz CT molecular complexity index is 1090. The van der Waals surface area contributed by atoms with Crippen molar-refractivity contribution >= 4 is 16.4 Å². The van der Waals surface area contributed by atoms with Gasteiger partial charge in [0.05, 0.1) is 19.8 Å². The molecule has 59 heavy (non-hydrogen) atoms. The Morgan fingerprint density at radius 2 is 1.07 bits per heavy atom. The Morgan fingerprint density at radius 3 is 1.53 bits per heavy atom. The second-order valence-electron chi connectivity index (χ2n) is 16.7. The second kappa shape index (κ2) is 38.5. The lowest BCUT2D eigenvalue weighted by Crippen LogP contribution is -2.60. The van der Waals surface area contributed by atoms with Crippen LogP contribution < -0.4 is 0 Å². The van der Waals surface area contributed by atoms with Crippen molar-refractivity contribution in [1.29, 1.82) is 0 Å². The van der Waals surface area contributed by atoms with Gasteiger partial charge in [-0.05, 0) is 38.5 Å². The van der Waals surface area contributed by atoms with Crippen LogP contribution in [-0.4, -0.2) is 97.5 Å². The summed E-state index contributed by atoms with van der Waals surface area (Å²) >= 11 is 0. The zero-order valence-electron chi connectivity index (χ0n) is 37.3. The van der Waals surface area contributed by atoms with Crippen LogP contribution in [0.2, 0.25) is 0 Å². The Morgan fingerprint density at radius 1 is 0.627 bits per heavy atom. The number of aliphatic hydroxyl groups is 3. The van der Waals surface area contributed by atoms with E-state index >= 15 is 0 Å². The largest absolute Gasteiger partial charge is 0.457 e. The van der Waals surface area contributed by atoms with Crippen LogP contribution in [0.25, 0.3) is 0 Å². The molecule has 4 N–H and O–H groups in total. The topological polar surface area (TPSA) is 178 Å². The molecular formula is C46H88O12S. The number of unbranched alkanes of at least 4 members (excludes halogenated alkanes) is 27. The van der Waals surface area contributed by atoms with Gasteiger partial charge >= 0.3 is 16.4 Å². The molecule has 1 heterocycles. The third kappa shape index (κ3) is 32.2. The first kappa shape index (κ1) is 55.9. The summed E-state index contributed by atoms with van der Waals surface area (Å²) in [6.07, 6.45) is 32.8. The molecule has 13 heteroatoms. The van der Waals surface area contributed by atoms with Crippen molar-refractivity contribution in [3.63, 3.8) is 0 Å². The molecule has 350 valence electrons. The van der Waals surface area contributed by atoms with Gasteiger partial charge in [-0.25, -0.2) is 4.18 Å². The van der Waals surface area contributed by atoms with Gasteiger partial charge in [0.2, 0.25) is 0 Å². The van der Waals surface area contributed by atoms with E-state index in [4.69, 9.17) is 23.5 Å². The maximum absolute atomic E-state index is 12.7. The van der Waals surface area contributed by atoms with E-state index in [0.29, 0.717) is 13.0 Å². The molecule has 12 nitrogen and oxygen atoms in total. The minimum atomic E-state index is -5.05. The quantitative estimate of drug-likeness (QED) is 0.0198. The van der Waals surface area contributed by atoms with E-state index in [1.165, 1.54) is 148 Å². The van der Waals surface area contributed by atoms with Crippen molar-refractivity contribution in [2.24, 2.45) is 0 Å². The minimum Gasteiger partial charge on any atom is -0.457 e. The zero-order valence-corrected chi connectivity index (χ0v) is 38.1. The number of carbonyl (C=O) groups is 1. The summed E-state index contributed by atoms with van der Waals surface area (Å²) < 4.78 is 58.9. The molecular weight excluding hydrogens is 777 g/mol. The predicted molar refractivity (Wildman–Crippen MR) is 234 cm³/mol. The number of hydrogen-bond acceptors (Lipinski definition) is 11. The van der Waals surface area contributed by atoms with E-state index < -0.39 is 59.8 Å². The highest BCUT2D eigenvalue weighted by Crippen LogP contribution is 2.26. The van der Waals surface area contributed by atoms with Crippen molar-refractivity contribution in [3.05, 3.63) is 12.2 Å². The molecule has 6 unspecified atom stereocenters. The summed E-state index contributed by atoms with van der Waals surface area (Å²) in [5.74, 6) is -0.401. The lowest BCUT2D eigenvalue weighted by atomic mass is 9.99. The minimum absolute atomic E-state index is 0.0407. The van der Waals surface area contributed by atoms with Gasteiger partial charge in [0, 0.05) is 13.0 Å². The predicted octanol–water partition coefficient (Wildman–Crippen LogP) is 10.2. The molecule has 0 aliphatic carbocycles. The number of rotatable bonds is 42. The molecule has 0 aromatic heterocycles. The highest BCUT2D eigenvalue weighted by Gasteiger charge is 2.48. The van der Waals surface area contributed by atoms with E-state index in [1.807, 2.05) is 0 Å². The van der Waals surface area contributed by atoms with Crippen LogP contribution in [-0.2, 0) is 38.3 Å². The highest BCUT2D eigenvalue weighted by molar-refractivity contribution is 7.80. The van der Waals surface area contributed by atoms with E-state index in [0.717, 1.165) is 38.5 Å². The van der Waals surface area contributed by atoms with E-state index in [2.05, 4.69) is 30.2 Å². The van der Waals surface area contributed by atoms with Gasteiger partial charge in [0.1, 0.15) is 30.5 Å². The molecule has 1 fully saturated rings. The van der Waals surface area contributed by atoms with Crippen LogP contribution >= 0.6 is 0 Å². The SMILES string of the molecule is CCCCCCCCCC/C=C\CCCCCCCCCCCCCCOCC(COC1OC(CO)C(O)C(OS(=O)(=O)O)C1O)OC(=O)CCCCCCCCCC. The fourth-order valence-corrected chi connectivity index (χ4v) is 8.00. The molecule has 0 saturated carbocycles. The van der Waals surface area contributed by atoms with Crippen LogP contribution in [0.1, 0.15) is 213 Å². The van der Waals surface area contributed by atoms with E-state index in [-0.39, 0.29) is 19.6 Å². The lowest BCUT2D eigenvalue weighted by Gasteiger charge is -2.41. The molecule has 1 aliphatic rings. The average Bonchev–Trinajstić information content (AvgIpc) is 3.21. The molecule has 1 aliphatic heterocycles. The first-order valence-corrected chi connectivity index (χ1v) is 25.3. The lowest BCUT2D eigenvalue weighted by molar-refractivity contribution is -0.301. The standard InChI is InChI=1S/C46H88O12S/c1-3-5-7-9-11-13-14-15-16-17-18-19-20-21-22-23-24-25-26-27-28-30-32-34-36-54-38-40(56-42(48)35-33-31-29-12-10-8-6-4-2)39-55-46-44(50)45(58-59(51,52)53)43(49)41(37-47)57-46/h17-18,40-41,43-47,49-50H,3-16,19-39H2,1-2H3,(H,51,52,53)/b18-17-. The molecule has 0 amide bonds. The summed E-state index contributed by atoms with van der Waals surface area (Å²) in [5.41, 5.74) is 0. The Hall–Kier alpha value is -1.16. The van der Waals surface area contributed by atoms with Crippen molar-refractivity contribution in [2.45, 2.75) is 250 Å². The number of aliphatic hydroxyl groups excluding tert-OH is 3. The molecule has 0 spiro atoms. The second-order valence-corrected chi connectivity index (χ2v) is 17.8. The molecule has 1 saturated heterocycles. The zero-order chi connectivity index (χ0) is 43.2. The summed E-state index contributed by atoms with van der Waals surface area (Å²) in [5, 5.41) is 30.6. The van der Waals surface area contributed by atoms with Gasteiger partial charge < -0.3 is 34.3 Å². The third-order valence-electron chi connectivity index (χ3n) is 11.1. The summed E-state index contributed by atoms with van der Waals surface area (Å²) in [4.78, 5) is 12.7. The number of hydrogen-bond donors (Lipinski definition) is 4. The van der Waals surface area contributed by atoms with Crippen molar-refractivity contribution in [2.75, 3.05) is 26.4 Å². The highest BCUT2D eigenvalue weighted by atomic mass is 32.3. The monoisotopic (exact) mass is 865 g/mol. The Balaban J connectivity index is 2.26. The summed E-state index contributed by atoms with van der Waals surface area (Å²) in [6.45, 7) is 3.97. The number of allylic oxidation sites excluding steroid dienone is 2. The molecule has 0 radical (unpaired) electrons. The first-order chi connectivity index (χ1) is 28.6. The molecule has 0 aromatic rings. The van der Waals surface area contributed by atoms with E-state index in [9.17, 15) is 28.5 Å². The fourth-order valence-electron chi connectivity index (χ4n) is 7.49. The smallest absolute Gasteiger partial charge is 0.397 e. The van der Waals surface area contributed by atoms with Gasteiger partial charge in [0.25, 0.3) is 0 Å². The van der Waals surface area contributed by atoms with Crippen LogP contribution in [0, 0.1) is 0 Å². The van der Waals surface area contributed by atoms with Gasteiger partial charge in [-0.15, -0.1) is 0 Å². The number of carbonyl (C=O) groups excluding carboxylic acids is 1. The van der Waals surface area contributed by atoms with Gasteiger partial charge in [-0.1, -0.05) is 180 Å². The van der Waals surface area contributed by atoms with Crippen molar-refractivity contribution in [3.8, 4) is 0 Å². The van der Waals surface area contributed by atoms with Crippen LogP contribution in [0.15, 0.2) is 12.2 Å². The molecule has 0 aromatic carbocycles. The fraction of sp³-hybridized carbons (Fsp3) is 0.935. The maximum atomic E-state index is 12.7. The van der Waals surface area contributed by atoms with Gasteiger partial charge in [-0.3, -0.25) is 9.35 Å². The Labute approximate surface area is 359 Å².